The third-order valence-corrected chi connectivity index (χ3v) is 7.81. The van der Waals surface area contributed by atoms with Crippen LogP contribution in [0.1, 0.15) is 33.9 Å². The van der Waals surface area contributed by atoms with Crippen molar-refractivity contribution in [2.45, 2.75) is 63.4 Å². The number of hydrogen-bond acceptors (Lipinski definition) is 12. The zero-order valence-electron chi connectivity index (χ0n) is 22.6. The molecule has 0 radical (unpaired) electrons. The van der Waals surface area contributed by atoms with Crippen LogP contribution in [0.25, 0.3) is 11.2 Å². The molecule has 1 aliphatic rings. The summed E-state index contributed by atoms with van der Waals surface area (Å²) < 4.78 is 58.1. The first kappa shape index (κ1) is 30.9. The quantitative estimate of drug-likeness (QED) is 0.153. The number of fused-ring (bicyclic) bond motifs is 1. The van der Waals surface area contributed by atoms with E-state index in [1.165, 1.54) is 25.4 Å². The summed E-state index contributed by atoms with van der Waals surface area (Å²) in [5, 5.41) is 10.4. The normalized spacial score (nSPS) is 24.7. The maximum absolute atomic E-state index is 15.8. The first-order valence-electron chi connectivity index (χ1n) is 12.7. The number of rotatable bonds is 12. The fourth-order valence-electron chi connectivity index (χ4n) is 3.93. The summed E-state index contributed by atoms with van der Waals surface area (Å²) >= 11 is 6.14. The molecule has 4 N–H and O–H groups in total. The summed E-state index contributed by atoms with van der Waals surface area (Å²) in [7, 11) is -4.34. The number of nitrogens with one attached hydrogen (secondary N) is 1. The van der Waals surface area contributed by atoms with Crippen LogP contribution in [0.5, 0.6) is 11.6 Å². The lowest BCUT2D eigenvalue weighted by Gasteiger charge is -2.25. The highest BCUT2D eigenvalue weighted by atomic mass is 35.5. The highest BCUT2D eigenvalue weighted by molar-refractivity contribution is 7.52. The molecule has 0 spiro atoms. The van der Waals surface area contributed by atoms with Gasteiger partial charge in [-0.3, -0.25) is 13.9 Å². The van der Waals surface area contributed by atoms with E-state index < -0.39 is 56.0 Å². The van der Waals surface area contributed by atoms with Crippen LogP contribution in [-0.4, -0.2) is 73.3 Å². The van der Waals surface area contributed by atoms with Crippen LogP contribution in [0, 0.1) is 0 Å². The van der Waals surface area contributed by atoms with Gasteiger partial charge >= 0.3 is 13.7 Å². The SMILES string of the molecule is CCOc1nc(N)nc2c1ncn2[C@@H]1O[C@H](CO[P@](=O)(N[C@H](C)C(=O)OC(C)C)Oc2ccccc2)[C@@H](O)[C@]1(F)Cl. The van der Waals surface area contributed by atoms with Gasteiger partial charge in [0.2, 0.25) is 11.8 Å². The number of imidazole rings is 1. The van der Waals surface area contributed by atoms with Crippen molar-refractivity contribution in [1.29, 1.82) is 0 Å². The Morgan fingerprint density at radius 3 is 2.68 bits per heavy atom. The van der Waals surface area contributed by atoms with Crippen molar-refractivity contribution in [1.82, 2.24) is 24.6 Å². The molecule has 3 aromatic rings. The topological polar surface area (TPSA) is 182 Å². The largest absolute Gasteiger partial charge is 0.476 e. The van der Waals surface area contributed by atoms with Gasteiger partial charge in [0.1, 0.15) is 24.0 Å². The molecule has 17 heteroatoms. The Hall–Kier alpha value is -3.07. The molecule has 0 unspecified atom stereocenters. The van der Waals surface area contributed by atoms with E-state index in [-0.39, 0.29) is 35.3 Å². The minimum atomic E-state index is -4.34. The maximum Gasteiger partial charge on any atom is 0.459 e. The molecule has 4 rings (SSSR count). The zero-order valence-corrected chi connectivity index (χ0v) is 24.3. The van der Waals surface area contributed by atoms with Gasteiger partial charge in [0, 0.05) is 0 Å². The summed E-state index contributed by atoms with van der Waals surface area (Å²) in [5.41, 5.74) is 5.99. The number of alkyl halides is 2. The van der Waals surface area contributed by atoms with E-state index in [1.54, 1.807) is 39.0 Å². The molecule has 1 saturated heterocycles. The van der Waals surface area contributed by atoms with Gasteiger partial charge in [0.25, 0.3) is 5.13 Å². The van der Waals surface area contributed by atoms with Crippen molar-refractivity contribution in [2.75, 3.05) is 18.9 Å². The van der Waals surface area contributed by atoms with Gasteiger partial charge in [-0.25, -0.2) is 13.9 Å². The number of ether oxygens (including phenoxy) is 3. The van der Waals surface area contributed by atoms with Crippen molar-refractivity contribution in [3.05, 3.63) is 36.7 Å². The average molecular weight is 617 g/mol. The van der Waals surface area contributed by atoms with Gasteiger partial charge in [0.15, 0.2) is 17.4 Å². The molecule has 1 aliphatic heterocycles. The monoisotopic (exact) mass is 616 g/mol. The number of esters is 1. The number of benzene rings is 1. The van der Waals surface area contributed by atoms with Crippen molar-refractivity contribution in [3.63, 3.8) is 0 Å². The Morgan fingerprint density at radius 2 is 2.02 bits per heavy atom. The zero-order chi connectivity index (χ0) is 29.9. The van der Waals surface area contributed by atoms with Gasteiger partial charge in [-0.1, -0.05) is 29.8 Å². The number of nitrogens with two attached hydrogens (primary N) is 1. The third-order valence-electron chi connectivity index (χ3n) is 5.75. The minimum Gasteiger partial charge on any atom is -0.476 e. The molecule has 0 aliphatic carbocycles. The van der Waals surface area contributed by atoms with Crippen molar-refractivity contribution >= 4 is 42.4 Å². The van der Waals surface area contributed by atoms with E-state index in [0.29, 0.717) is 0 Å². The average Bonchev–Trinajstić information content (AvgIpc) is 3.41. The van der Waals surface area contributed by atoms with Gasteiger partial charge in [0.05, 0.1) is 25.6 Å². The number of carbonyl (C=O) groups excluding carboxylic acids is 1. The van der Waals surface area contributed by atoms with Crippen LogP contribution in [0.3, 0.4) is 0 Å². The number of aromatic nitrogens is 4. The van der Waals surface area contributed by atoms with Crippen LogP contribution in [-0.2, 0) is 23.4 Å². The minimum absolute atomic E-state index is 0.0413. The predicted octanol–water partition coefficient (Wildman–Crippen LogP) is 3.10. The fourth-order valence-corrected chi connectivity index (χ4v) is 5.73. The first-order chi connectivity index (χ1) is 19.3. The van der Waals surface area contributed by atoms with E-state index in [9.17, 15) is 14.5 Å². The number of halogens is 2. The van der Waals surface area contributed by atoms with Gasteiger partial charge in [-0.15, -0.1) is 0 Å². The second-order valence-electron chi connectivity index (χ2n) is 9.32. The molecule has 0 amide bonds. The van der Waals surface area contributed by atoms with Crippen molar-refractivity contribution in [2.24, 2.45) is 0 Å². The molecule has 0 saturated carbocycles. The van der Waals surface area contributed by atoms with Gasteiger partial charge < -0.3 is 29.6 Å². The fraction of sp³-hybridized carbons (Fsp3) is 0.500. The van der Waals surface area contributed by atoms with Gasteiger partial charge in [-0.2, -0.15) is 15.1 Å². The van der Waals surface area contributed by atoms with E-state index >= 15 is 4.39 Å². The van der Waals surface area contributed by atoms with Crippen LogP contribution >= 0.6 is 19.3 Å². The highest BCUT2D eigenvalue weighted by Crippen LogP contribution is 2.49. The molecule has 2 aromatic heterocycles. The summed E-state index contributed by atoms with van der Waals surface area (Å²) in [6, 6.07) is 6.91. The Balaban J connectivity index is 1.56. The second-order valence-corrected chi connectivity index (χ2v) is 11.6. The number of carbonyl (C=O) groups is 1. The number of nitrogen functional groups attached to an aromatic ring is 1. The van der Waals surface area contributed by atoms with Crippen molar-refractivity contribution in [3.8, 4) is 11.6 Å². The number of nitrogens with zero attached hydrogens (tertiary/aromatic N) is 4. The van der Waals surface area contributed by atoms with Crippen LogP contribution < -0.4 is 20.1 Å². The van der Waals surface area contributed by atoms with Crippen LogP contribution in [0.2, 0.25) is 0 Å². The van der Waals surface area contributed by atoms with Crippen LogP contribution in [0.4, 0.5) is 10.3 Å². The predicted molar refractivity (Wildman–Crippen MR) is 145 cm³/mol. The standard InChI is InChI=1S/C24H31ClFN6O8P/c1-5-36-20-17-19(29-23(27)30-20)32(12-28-17)22-24(25,26)18(33)16(39-22)11-37-41(35,40-15-9-7-6-8-10-15)31-14(4)21(34)38-13(2)3/h6-10,12-14,16,18,22,33H,5,11H2,1-4H3,(H,31,35)(H2,27,29,30)/t14-,16-,18-,22-,24-,41-/m1/s1. The van der Waals surface area contributed by atoms with E-state index in [4.69, 9.17) is 40.6 Å². The lowest BCUT2D eigenvalue weighted by molar-refractivity contribution is -0.149. The number of anilines is 1. The number of para-hydroxylation sites is 1. The summed E-state index contributed by atoms with van der Waals surface area (Å²) in [6.45, 7) is 6.06. The molecule has 3 heterocycles. The molecular formula is C24H31ClFN6O8P. The molecule has 41 heavy (non-hydrogen) atoms. The lowest BCUT2D eigenvalue weighted by atomic mass is 10.1. The molecule has 1 aromatic carbocycles. The molecule has 224 valence electrons. The molecule has 14 nitrogen and oxygen atoms in total. The molecule has 0 bridgehead atoms. The number of hydrogen-bond donors (Lipinski definition) is 3. The number of aliphatic hydroxyl groups excluding tert-OH is 1. The van der Waals surface area contributed by atoms with Gasteiger partial charge in [-0.05, 0) is 39.8 Å². The number of aliphatic hydroxyl groups is 1. The van der Waals surface area contributed by atoms with E-state index in [0.717, 1.165) is 4.57 Å². The summed E-state index contributed by atoms with van der Waals surface area (Å²) in [6.07, 6.45) is -4.31. The highest BCUT2D eigenvalue weighted by Gasteiger charge is 2.58. The Kier molecular flexibility index (Phi) is 9.36. The molecule has 6 atom stereocenters. The van der Waals surface area contributed by atoms with E-state index in [2.05, 4.69) is 20.0 Å². The van der Waals surface area contributed by atoms with Crippen molar-refractivity contribution < 1.29 is 42.1 Å². The Labute approximate surface area is 239 Å². The lowest BCUT2D eigenvalue weighted by Crippen LogP contribution is -2.40. The Morgan fingerprint density at radius 1 is 1.32 bits per heavy atom. The summed E-state index contributed by atoms with van der Waals surface area (Å²) in [5.74, 6) is -0.652. The second kappa shape index (κ2) is 12.4. The molecule has 1 fully saturated rings. The smallest absolute Gasteiger partial charge is 0.459 e. The maximum atomic E-state index is 15.8. The summed E-state index contributed by atoms with van der Waals surface area (Å²) in [4.78, 5) is 24.6. The first-order valence-corrected chi connectivity index (χ1v) is 14.6. The Bertz CT molecular complexity index is 1410. The van der Waals surface area contributed by atoms with Crippen LogP contribution in [0.15, 0.2) is 36.7 Å². The van der Waals surface area contributed by atoms with E-state index in [1.807, 2.05) is 0 Å². The third kappa shape index (κ3) is 6.88. The molecular weight excluding hydrogens is 586 g/mol.